The zero-order valence-electron chi connectivity index (χ0n) is 15.1. The van der Waals surface area contributed by atoms with Crippen molar-refractivity contribution in [1.29, 1.82) is 0 Å². The lowest BCUT2D eigenvalue weighted by Crippen LogP contribution is -2.30. The van der Waals surface area contributed by atoms with Gasteiger partial charge in [-0.1, -0.05) is 25.1 Å². The first-order chi connectivity index (χ1) is 12.0. The van der Waals surface area contributed by atoms with Gasteiger partial charge in [-0.05, 0) is 30.5 Å². The van der Waals surface area contributed by atoms with Gasteiger partial charge >= 0.3 is 0 Å². The number of nitrogens with zero attached hydrogens (tertiary/aromatic N) is 2. The maximum absolute atomic E-state index is 12.7. The first-order valence-electron chi connectivity index (χ1n) is 8.58. The van der Waals surface area contributed by atoms with E-state index in [4.69, 9.17) is 14.0 Å². The lowest BCUT2D eigenvalue weighted by Gasteiger charge is -2.26. The Bertz CT molecular complexity index is 754. The van der Waals surface area contributed by atoms with Gasteiger partial charge in [0.2, 0.25) is 0 Å². The molecule has 0 radical (unpaired) electrons. The lowest BCUT2D eigenvalue weighted by molar-refractivity contribution is 0.0731. The number of carbonyl (C=O) groups is 1. The molecule has 0 unspecified atom stereocenters. The van der Waals surface area contributed by atoms with Crippen LogP contribution in [0, 0.1) is 5.92 Å². The van der Waals surface area contributed by atoms with E-state index in [-0.39, 0.29) is 11.9 Å². The number of amides is 1. The topological polar surface area (TPSA) is 64.8 Å². The van der Waals surface area contributed by atoms with Gasteiger partial charge in [-0.25, -0.2) is 0 Å². The van der Waals surface area contributed by atoms with E-state index in [0.29, 0.717) is 24.8 Å². The highest BCUT2D eigenvalue weighted by atomic mass is 16.6. The van der Waals surface area contributed by atoms with Gasteiger partial charge in [0.15, 0.2) is 17.2 Å². The fraction of sp³-hybridized carbons (Fsp3) is 0.474. The van der Waals surface area contributed by atoms with Crippen LogP contribution in [-0.4, -0.2) is 36.2 Å². The molecule has 0 saturated carbocycles. The Labute approximate surface area is 147 Å². The number of benzene rings is 1. The number of hydrogen-bond acceptors (Lipinski definition) is 5. The number of carbonyl (C=O) groups excluding carboxylic acids is 1. The van der Waals surface area contributed by atoms with Crippen LogP contribution in [0.4, 0.5) is 0 Å². The standard InChI is InChI=1S/C19H24N2O4/c1-12(2)9-15-11-16(20-25-15)19(22)21(4)13(3)14-5-6-17-18(10-14)24-8-7-23-17/h5-6,10-13H,7-9H2,1-4H3/t13-/m0/s1. The van der Waals surface area contributed by atoms with Crippen LogP contribution in [0.25, 0.3) is 0 Å². The highest BCUT2D eigenvalue weighted by Gasteiger charge is 2.23. The minimum atomic E-state index is -0.166. The fourth-order valence-electron chi connectivity index (χ4n) is 2.81. The maximum Gasteiger partial charge on any atom is 0.276 e. The summed E-state index contributed by atoms with van der Waals surface area (Å²) in [6, 6.07) is 7.36. The Morgan fingerprint density at radius 2 is 1.88 bits per heavy atom. The van der Waals surface area contributed by atoms with Gasteiger partial charge in [-0.15, -0.1) is 0 Å². The van der Waals surface area contributed by atoms with Crippen molar-refractivity contribution in [2.75, 3.05) is 20.3 Å². The summed E-state index contributed by atoms with van der Waals surface area (Å²) in [5, 5.41) is 3.93. The van der Waals surface area contributed by atoms with E-state index in [1.165, 1.54) is 0 Å². The summed E-state index contributed by atoms with van der Waals surface area (Å²) in [6.45, 7) is 7.26. The van der Waals surface area contributed by atoms with Crippen LogP contribution < -0.4 is 9.47 Å². The molecule has 0 aliphatic carbocycles. The quantitative estimate of drug-likeness (QED) is 0.831. The second-order valence-electron chi connectivity index (χ2n) is 6.77. The van der Waals surface area contributed by atoms with E-state index in [1.54, 1.807) is 18.0 Å². The Balaban J connectivity index is 1.74. The van der Waals surface area contributed by atoms with Gasteiger partial charge in [0, 0.05) is 19.5 Å². The van der Waals surface area contributed by atoms with Crippen LogP contribution in [-0.2, 0) is 6.42 Å². The van der Waals surface area contributed by atoms with Gasteiger partial charge in [0.1, 0.15) is 19.0 Å². The van der Waals surface area contributed by atoms with E-state index in [9.17, 15) is 4.79 Å². The van der Waals surface area contributed by atoms with Crippen LogP contribution in [0.5, 0.6) is 11.5 Å². The summed E-state index contributed by atoms with van der Waals surface area (Å²) in [5.74, 6) is 2.48. The summed E-state index contributed by atoms with van der Waals surface area (Å²) in [7, 11) is 1.76. The molecule has 1 aliphatic heterocycles. The highest BCUT2D eigenvalue weighted by Crippen LogP contribution is 2.34. The van der Waals surface area contributed by atoms with Crippen molar-refractivity contribution < 1.29 is 18.8 Å². The highest BCUT2D eigenvalue weighted by molar-refractivity contribution is 5.92. The molecular weight excluding hydrogens is 320 g/mol. The Kier molecular flexibility index (Phi) is 4.97. The van der Waals surface area contributed by atoms with Crippen molar-refractivity contribution in [3.8, 4) is 11.5 Å². The minimum Gasteiger partial charge on any atom is -0.486 e. The van der Waals surface area contributed by atoms with Crippen LogP contribution >= 0.6 is 0 Å². The van der Waals surface area contributed by atoms with Crippen LogP contribution in [0.1, 0.15) is 48.6 Å². The number of rotatable bonds is 5. The van der Waals surface area contributed by atoms with E-state index in [2.05, 4.69) is 19.0 Å². The summed E-state index contributed by atoms with van der Waals surface area (Å²) in [6.07, 6.45) is 0.766. The van der Waals surface area contributed by atoms with Crippen molar-refractivity contribution in [1.82, 2.24) is 10.1 Å². The SMILES string of the molecule is CC(C)Cc1cc(C(=O)N(C)[C@@H](C)c2ccc3c(c2)OCCO3)no1. The van der Waals surface area contributed by atoms with E-state index < -0.39 is 0 Å². The van der Waals surface area contributed by atoms with Gasteiger partial charge in [-0.3, -0.25) is 4.79 Å². The third kappa shape index (κ3) is 3.78. The molecule has 3 rings (SSSR count). The Morgan fingerprint density at radius 3 is 2.60 bits per heavy atom. The largest absolute Gasteiger partial charge is 0.486 e. The summed E-state index contributed by atoms with van der Waals surface area (Å²) in [5.41, 5.74) is 1.31. The predicted octanol–water partition coefficient (Wildman–Crippen LogP) is 3.48. The number of ether oxygens (including phenoxy) is 2. The third-order valence-electron chi connectivity index (χ3n) is 4.34. The van der Waals surface area contributed by atoms with Crippen molar-refractivity contribution in [3.63, 3.8) is 0 Å². The predicted molar refractivity (Wildman–Crippen MR) is 93.0 cm³/mol. The summed E-state index contributed by atoms with van der Waals surface area (Å²) in [4.78, 5) is 14.3. The zero-order chi connectivity index (χ0) is 18.0. The van der Waals surface area contributed by atoms with Gasteiger partial charge in [0.05, 0.1) is 6.04 Å². The average molecular weight is 344 g/mol. The molecule has 2 heterocycles. The molecule has 25 heavy (non-hydrogen) atoms. The molecule has 6 heteroatoms. The third-order valence-corrected chi connectivity index (χ3v) is 4.34. The smallest absolute Gasteiger partial charge is 0.276 e. The minimum absolute atomic E-state index is 0.131. The molecular formula is C19H24N2O4. The van der Waals surface area contributed by atoms with Crippen molar-refractivity contribution in [2.45, 2.75) is 33.2 Å². The van der Waals surface area contributed by atoms with Gasteiger partial charge in [0.25, 0.3) is 5.91 Å². The Morgan fingerprint density at radius 1 is 1.16 bits per heavy atom. The molecule has 0 bridgehead atoms. The van der Waals surface area contributed by atoms with Gasteiger partial charge in [-0.2, -0.15) is 0 Å². The van der Waals surface area contributed by atoms with E-state index >= 15 is 0 Å². The molecule has 0 fully saturated rings. The molecule has 1 atom stereocenters. The van der Waals surface area contributed by atoms with Crippen LogP contribution in [0.15, 0.2) is 28.8 Å². The number of hydrogen-bond donors (Lipinski definition) is 0. The Hall–Kier alpha value is -2.50. The van der Waals surface area contributed by atoms with E-state index in [1.807, 2.05) is 25.1 Å². The molecule has 0 N–H and O–H groups in total. The first-order valence-corrected chi connectivity index (χ1v) is 8.58. The molecule has 1 aromatic heterocycles. The van der Waals surface area contributed by atoms with Crippen LogP contribution in [0.3, 0.4) is 0 Å². The molecule has 6 nitrogen and oxygen atoms in total. The molecule has 1 aromatic carbocycles. The van der Waals surface area contributed by atoms with Crippen molar-refractivity contribution in [2.24, 2.45) is 5.92 Å². The molecule has 0 spiro atoms. The van der Waals surface area contributed by atoms with Crippen molar-refractivity contribution in [3.05, 3.63) is 41.3 Å². The zero-order valence-corrected chi connectivity index (χ0v) is 15.1. The molecule has 2 aromatic rings. The number of fused-ring (bicyclic) bond motifs is 1. The lowest BCUT2D eigenvalue weighted by atomic mass is 10.1. The maximum atomic E-state index is 12.7. The second-order valence-corrected chi connectivity index (χ2v) is 6.77. The summed E-state index contributed by atoms with van der Waals surface area (Å²) < 4.78 is 16.4. The van der Waals surface area contributed by atoms with E-state index in [0.717, 1.165) is 29.2 Å². The normalized spacial score (nSPS) is 14.4. The second kappa shape index (κ2) is 7.17. The fourth-order valence-corrected chi connectivity index (χ4v) is 2.81. The number of aromatic nitrogens is 1. The van der Waals surface area contributed by atoms with Crippen molar-refractivity contribution >= 4 is 5.91 Å². The first kappa shape index (κ1) is 17.3. The molecule has 1 amide bonds. The average Bonchev–Trinajstić information content (AvgIpc) is 3.07. The molecule has 134 valence electrons. The molecule has 0 saturated heterocycles. The summed E-state index contributed by atoms with van der Waals surface area (Å²) >= 11 is 0. The molecule has 1 aliphatic rings. The van der Waals surface area contributed by atoms with Gasteiger partial charge < -0.3 is 18.9 Å². The monoisotopic (exact) mass is 344 g/mol. The van der Waals surface area contributed by atoms with Crippen LogP contribution in [0.2, 0.25) is 0 Å².